The van der Waals surface area contributed by atoms with Gasteiger partial charge in [0, 0.05) is 11.5 Å². The number of fused-ring (bicyclic) bond motifs is 1. The summed E-state index contributed by atoms with van der Waals surface area (Å²) in [5, 5.41) is 0.0293. The lowest BCUT2D eigenvalue weighted by molar-refractivity contribution is -0.136. The van der Waals surface area contributed by atoms with E-state index in [1.807, 2.05) is 36.4 Å². The summed E-state index contributed by atoms with van der Waals surface area (Å²) in [7, 11) is 0.906. The summed E-state index contributed by atoms with van der Waals surface area (Å²) in [4.78, 5) is 12.6. The number of methoxy groups -OCH3 is 2. The molecule has 0 aromatic heterocycles. The van der Waals surface area contributed by atoms with Gasteiger partial charge in [0.05, 0.1) is 20.3 Å². The normalized spacial score (nSPS) is 19.5. The van der Waals surface area contributed by atoms with Gasteiger partial charge in [-0.1, -0.05) is 69.8 Å². The van der Waals surface area contributed by atoms with Crippen molar-refractivity contribution in [2.45, 2.75) is 45.0 Å². The Morgan fingerprint density at radius 3 is 2.22 bits per heavy atom. The van der Waals surface area contributed by atoms with Gasteiger partial charge in [0.15, 0.2) is 8.32 Å². The highest BCUT2D eigenvalue weighted by Gasteiger charge is 2.47. The van der Waals surface area contributed by atoms with Gasteiger partial charge in [0.25, 0.3) is 0 Å². The van der Waals surface area contributed by atoms with Gasteiger partial charge in [-0.05, 0) is 52.5 Å². The van der Waals surface area contributed by atoms with Crippen LogP contribution >= 0.6 is 0 Å². The first-order valence-electron chi connectivity index (χ1n) is 10.9. The Kier molecular flexibility index (Phi) is 6.82. The molecule has 2 aromatic rings. The van der Waals surface area contributed by atoms with Gasteiger partial charge in [0.2, 0.25) is 0 Å². The molecule has 0 unspecified atom stereocenters. The monoisotopic (exact) mass is 450 g/mol. The van der Waals surface area contributed by atoms with Crippen LogP contribution in [0.2, 0.25) is 18.1 Å². The maximum Gasteiger partial charge on any atom is 0.333 e. The number of hydrogen-bond acceptors (Lipinski definition) is 4. The van der Waals surface area contributed by atoms with E-state index in [2.05, 4.69) is 58.7 Å². The Hall–Kier alpha value is -2.63. The molecule has 2 atom stereocenters. The van der Waals surface area contributed by atoms with E-state index in [-0.39, 0.29) is 17.1 Å². The number of carbonyl (C=O) groups is 1. The molecule has 2 aromatic carbocycles. The van der Waals surface area contributed by atoms with Crippen LogP contribution in [0.3, 0.4) is 0 Å². The van der Waals surface area contributed by atoms with Gasteiger partial charge in [0.1, 0.15) is 5.75 Å². The molecule has 0 bridgehead atoms. The van der Waals surface area contributed by atoms with E-state index in [4.69, 9.17) is 13.9 Å². The van der Waals surface area contributed by atoms with Crippen molar-refractivity contribution in [2.75, 3.05) is 14.2 Å². The average Bonchev–Trinajstić information content (AvgIpc) is 3.05. The molecule has 32 heavy (non-hydrogen) atoms. The molecule has 1 aliphatic rings. The lowest BCUT2D eigenvalue weighted by Gasteiger charge is -2.40. The Balaban J connectivity index is 2.17. The Labute approximate surface area is 193 Å². The van der Waals surface area contributed by atoms with Crippen LogP contribution in [-0.2, 0) is 14.0 Å². The van der Waals surface area contributed by atoms with Gasteiger partial charge < -0.3 is 13.9 Å². The van der Waals surface area contributed by atoms with Crippen LogP contribution in [0.1, 0.15) is 43.6 Å². The molecule has 0 amide bonds. The van der Waals surface area contributed by atoms with E-state index in [0.717, 1.165) is 28.0 Å². The molecule has 1 aliphatic carbocycles. The Morgan fingerprint density at radius 1 is 1.03 bits per heavy atom. The minimum absolute atomic E-state index is 0.0293. The summed E-state index contributed by atoms with van der Waals surface area (Å²) in [6.07, 6.45) is 1.83. The van der Waals surface area contributed by atoms with Crippen LogP contribution < -0.4 is 4.74 Å². The first-order valence-corrected chi connectivity index (χ1v) is 13.8. The number of benzene rings is 2. The summed E-state index contributed by atoms with van der Waals surface area (Å²) < 4.78 is 17.3. The second kappa shape index (κ2) is 9.08. The van der Waals surface area contributed by atoms with Crippen LogP contribution in [0.5, 0.6) is 5.75 Å². The lowest BCUT2D eigenvalue weighted by atomic mass is 9.89. The second-order valence-corrected chi connectivity index (χ2v) is 14.5. The fourth-order valence-electron chi connectivity index (χ4n) is 3.82. The van der Waals surface area contributed by atoms with Crippen molar-refractivity contribution in [3.05, 3.63) is 77.4 Å². The minimum Gasteiger partial charge on any atom is -0.497 e. The summed E-state index contributed by atoms with van der Waals surface area (Å²) >= 11 is 0. The molecule has 0 radical (unpaired) electrons. The maximum absolute atomic E-state index is 12.6. The van der Waals surface area contributed by atoms with Crippen LogP contribution in [0.15, 0.2) is 60.7 Å². The molecule has 0 N–H and O–H groups in total. The van der Waals surface area contributed by atoms with Crippen molar-refractivity contribution in [1.82, 2.24) is 0 Å². The van der Waals surface area contributed by atoms with Crippen molar-refractivity contribution in [1.29, 1.82) is 0 Å². The number of esters is 1. The van der Waals surface area contributed by atoms with Crippen molar-refractivity contribution in [2.24, 2.45) is 5.92 Å². The van der Waals surface area contributed by atoms with Gasteiger partial charge in [-0.3, -0.25) is 0 Å². The summed E-state index contributed by atoms with van der Waals surface area (Å²) in [6, 6.07) is 16.1. The van der Waals surface area contributed by atoms with E-state index in [1.165, 1.54) is 7.11 Å². The first-order chi connectivity index (χ1) is 15.0. The van der Waals surface area contributed by atoms with Gasteiger partial charge in [-0.15, -0.1) is 0 Å². The number of ether oxygens (including phenoxy) is 2. The molecule has 4 nitrogen and oxygen atoms in total. The van der Waals surface area contributed by atoms with Gasteiger partial charge in [-0.25, -0.2) is 4.79 Å². The molecule has 3 rings (SSSR count). The van der Waals surface area contributed by atoms with Crippen molar-refractivity contribution in [3.8, 4) is 5.75 Å². The smallest absolute Gasteiger partial charge is 0.333 e. The molecule has 170 valence electrons. The van der Waals surface area contributed by atoms with Crippen LogP contribution in [0.4, 0.5) is 0 Å². The molecule has 0 heterocycles. The zero-order valence-corrected chi connectivity index (χ0v) is 21.2. The van der Waals surface area contributed by atoms with E-state index in [1.54, 1.807) is 7.11 Å². The highest BCUT2D eigenvalue weighted by Crippen LogP contribution is 2.53. The molecular formula is C27H34O4Si. The first kappa shape index (κ1) is 24.0. The molecular weight excluding hydrogens is 416 g/mol. The summed E-state index contributed by atoms with van der Waals surface area (Å²) in [6.45, 7) is 15.3. The highest BCUT2D eigenvalue weighted by atomic mass is 28.4. The van der Waals surface area contributed by atoms with Crippen molar-refractivity contribution < 1.29 is 18.7 Å². The van der Waals surface area contributed by atoms with Gasteiger partial charge in [-0.2, -0.15) is 0 Å². The molecule has 5 heteroatoms. The largest absolute Gasteiger partial charge is 0.497 e. The third-order valence-electron chi connectivity index (χ3n) is 6.70. The topological polar surface area (TPSA) is 44.8 Å². The average molecular weight is 451 g/mol. The molecule has 0 saturated carbocycles. The van der Waals surface area contributed by atoms with E-state index < -0.39 is 14.3 Å². The van der Waals surface area contributed by atoms with Crippen molar-refractivity contribution >= 4 is 25.9 Å². The lowest BCUT2D eigenvalue weighted by Crippen LogP contribution is -2.42. The molecule has 0 spiro atoms. The van der Waals surface area contributed by atoms with E-state index in [0.29, 0.717) is 5.57 Å². The van der Waals surface area contributed by atoms with Crippen molar-refractivity contribution in [3.63, 3.8) is 0 Å². The number of hydrogen-bond donors (Lipinski definition) is 0. The second-order valence-electron chi connectivity index (χ2n) is 9.75. The standard InChI is InChI=1S/C27H34O4Si/c1-18(26(28)30-6)24-23(17-19-13-15-20(29-5)16-14-19)21-11-9-10-12-22(21)25(24)31-32(7,8)27(2,3)4/h9-17,24-25H,1H2,2-8H3/b23-17-/t24-,25+/m1/s1. The van der Waals surface area contributed by atoms with Gasteiger partial charge >= 0.3 is 5.97 Å². The zero-order valence-electron chi connectivity index (χ0n) is 20.2. The fourth-order valence-corrected chi connectivity index (χ4v) is 5.07. The summed E-state index contributed by atoms with van der Waals surface area (Å²) in [5.74, 6) is 0.0666. The van der Waals surface area contributed by atoms with Crippen LogP contribution in [0.25, 0.3) is 11.6 Å². The SMILES string of the molecule is C=C(C(=O)OC)[C@@H]1/C(=C\c2ccc(OC)cc2)c2ccccc2[C@@H]1O[Si](C)(C)C(C)(C)C. The molecule has 0 saturated heterocycles. The Bertz CT molecular complexity index is 1030. The van der Waals surface area contributed by atoms with E-state index in [9.17, 15) is 4.79 Å². The predicted molar refractivity (Wildman–Crippen MR) is 133 cm³/mol. The predicted octanol–water partition coefficient (Wildman–Crippen LogP) is 6.66. The highest BCUT2D eigenvalue weighted by molar-refractivity contribution is 6.74. The third-order valence-corrected chi connectivity index (χ3v) is 11.2. The zero-order chi connectivity index (χ0) is 23.7. The van der Waals surface area contributed by atoms with E-state index >= 15 is 0 Å². The fraction of sp³-hybridized carbons (Fsp3) is 0.370. The number of carbonyl (C=O) groups excluding carboxylic acids is 1. The maximum atomic E-state index is 12.6. The molecule has 0 fully saturated rings. The minimum atomic E-state index is -2.14. The number of rotatable bonds is 6. The Morgan fingerprint density at radius 2 is 1.66 bits per heavy atom. The van der Waals surface area contributed by atoms with Crippen LogP contribution in [-0.4, -0.2) is 28.5 Å². The third kappa shape index (κ3) is 4.59. The quantitative estimate of drug-likeness (QED) is 0.280. The molecule has 0 aliphatic heterocycles. The van der Waals surface area contributed by atoms with Crippen LogP contribution in [0, 0.1) is 5.92 Å². The summed E-state index contributed by atoms with van der Waals surface area (Å²) in [5.41, 5.74) is 4.62.